The lowest BCUT2D eigenvalue weighted by atomic mass is 9.83. The highest BCUT2D eigenvalue weighted by molar-refractivity contribution is 7.86. The molecule has 0 fully saturated rings. The number of ether oxygens (including phenoxy) is 1. The van der Waals surface area contributed by atoms with E-state index in [4.69, 9.17) is 15.0 Å². The number of carbonyl (C=O) groups excluding carboxylic acids is 1. The van der Waals surface area contributed by atoms with E-state index >= 15 is 0 Å². The molecule has 0 aromatic rings. The Morgan fingerprint density at radius 1 is 1.50 bits per heavy atom. The average molecular weight is 279 g/mol. The zero-order valence-electron chi connectivity index (χ0n) is 11.1. The Balaban J connectivity index is 4.95. The molecule has 18 heavy (non-hydrogen) atoms. The van der Waals surface area contributed by atoms with Crippen LogP contribution in [0.25, 0.3) is 0 Å². The maximum Gasteiger partial charge on any atom is 0.336 e. The highest BCUT2D eigenvalue weighted by Gasteiger charge is 2.34. The lowest BCUT2D eigenvalue weighted by molar-refractivity contribution is -0.142. The van der Waals surface area contributed by atoms with Crippen molar-refractivity contribution in [1.29, 1.82) is 0 Å². The second-order valence-electron chi connectivity index (χ2n) is 4.67. The van der Waals surface area contributed by atoms with Crippen molar-refractivity contribution in [2.45, 2.75) is 45.1 Å². The second kappa shape index (κ2) is 5.81. The predicted molar refractivity (Wildman–Crippen MR) is 68.3 cm³/mol. The average Bonchev–Trinajstić information content (AvgIpc) is 2.22. The van der Waals surface area contributed by atoms with Gasteiger partial charge in [0.1, 0.15) is 0 Å². The van der Waals surface area contributed by atoms with E-state index in [1.165, 1.54) is 6.92 Å². The third kappa shape index (κ3) is 4.08. The Kier molecular flexibility index (Phi) is 5.52. The van der Waals surface area contributed by atoms with Gasteiger partial charge in [0, 0.05) is 11.1 Å². The summed E-state index contributed by atoms with van der Waals surface area (Å²) in [5.74, 6) is -0.999. The highest BCUT2D eigenvalue weighted by atomic mass is 32.2. The van der Waals surface area contributed by atoms with Crippen molar-refractivity contribution >= 4 is 16.1 Å². The summed E-state index contributed by atoms with van der Waals surface area (Å²) in [4.78, 5) is 11.7. The normalized spacial score (nSPS) is 17.1. The molecule has 0 saturated carbocycles. The first kappa shape index (κ1) is 17.1. The standard InChI is InChI=1S/C11H21NO5S/c1-6-9(18(14,15)16)17-10(13)8(4)11(5,12)7(2)3/h7,9H,4,6,12H2,1-3,5H3,(H,14,15,16). The van der Waals surface area contributed by atoms with Gasteiger partial charge in [-0.15, -0.1) is 0 Å². The van der Waals surface area contributed by atoms with E-state index in [1.807, 2.05) is 0 Å². The van der Waals surface area contributed by atoms with Crippen LogP contribution in [-0.4, -0.2) is 29.9 Å². The fourth-order valence-corrected chi connectivity index (χ4v) is 1.74. The summed E-state index contributed by atoms with van der Waals surface area (Å²) in [5, 5.41) is 0. The third-order valence-corrected chi connectivity index (χ3v) is 4.09. The highest BCUT2D eigenvalue weighted by Crippen LogP contribution is 2.23. The molecule has 0 aliphatic heterocycles. The molecule has 0 spiro atoms. The molecule has 0 radical (unpaired) electrons. The minimum atomic E-state index is -4.43. The molecule has 2 unspecified atom stereocenters. The van der Waals surface area contributed by atoms with Gasteiger partial charge in [0.2, 0.25) is 5.44 Å². The number of carbonyl (C=O) groups is 1. The molecule has 0 amide bonds. The van der Waals surface area contributed by atoms with Gasteiger partial charge in [-0.2, -0.15) is 8.42 Å². The molecule has 0 aromatic heterocycles. The van der Waals surface area contributed by atoms with Crippen LogP contribution in [0.3, 0.4) is 0 Å². The number of hydrogen-bond acceptors (Lipinski definition) is 5. The van der Waals surface area contributed by atoms with Crippen LogP contribution in [0.5, 0.6) is 0 Å². The maximum atomic E-state index is 11.7. The first-order chi connectivity index (χ1) is 7.94. The number of rotatable bonds is 6. The number of nitrogens with two attached hydrogens (primary N) is 1. The molecule has 3 N–H and O–H groups in total. The molecule has 106 valence electrons. The molecule has 0 aliphatic carbocycles. The summed E-state index contributed by atoms with van der Waals surface area (Å²) >= 11 is 0. The summed E-state index contributed by atoms with van der Waals surface area (Å²) in [5.41, 5.74) is 3.29. The Morgan fingerprint density at radius 2 is 1.94 bits per heavy atom. The molecule has 0 saturated heterocycles. The van der Waals surface area contributed by atoms with E-state index in [2.05, 4.69) is 6.58 Å². The molecule has 0 rings (SSSR count). The molecule has 6 nitrogen and oxygen atoms in total. The van der Waals surface area contributed by atoms with Crippen molar-refractivity contribution in [3.8, 4) is 0 Å². The van der Waals surface area contributed by atoms with Gasteiger partial charge in [0.25, 0.3) is 0 Å². The molecule has 0 aliphatic rings. The number of esters is 1. The van der Waals surface area contributed by atoms with Crippen molar-refractivity contribution in [2.24, 2.45) is 11.7 Å². The van der Waals surface area contributed by atoms with E-state index in [9.17, 15) is 13.2 Å². The minimum Gasteiger partial charge on any atom is -0.440 e. The first-order valence-corrected chi connectivity index (χ1v) is 7.10. The van der Waals surface area contributed by atoms with Gasteiger partial charge in [-0.05, 0) is 19.3 Å². The summed E-state index contributed by atoms with van der Waals surface area (Å²) in [7, 11) is -4.43. The van der Waals surface area contributed by atoms with E-state index in [1.54, 1.807) is 20.8 Å². The van der Waals surface area contributed by atoms with E-state index in [0.29, 0.717) is 0 Å². The Hall–Kier alpha value is -0.920. The van der Waals surface area contributed by atoms with Gasteiger partial charge < -0.3 is 10.5 Å². The quantitative estimate of drug-likeness (QED) is 0.428. The van der Waals surface area contributed by atoms with Crippen LogP contribution in [0.15, 0.2) is 12.2 Å². The molecular formula is C11H21NO5S. The van der Waals surface area contributed by atoms with Crippen molar-refractivity contribution < 1.29 is 22.5 Å². The molecular weight excluding hydrogens is 258 g/mol. The number of hydrogen-bond donors (Lipinski definition) is 2. The lowest BCUT2D eigenvalue weighted by Gasteiger charge is -2.30. The fourth-order valence-electron chi connectivity index (χ4n) is 1.11. The van der Waals surface area contributed by atoms with Gasteiger partial charge in [-0.3, -0.25) is 4.55 Å². The Labute approximate surface area is 108 Å². The smallest absolute Gasteiger partial charge is 0.336 e. The van der Waals surface area contributed by atoms with Gasteiger partial charge in [0.05, 0.1) is 0 Å². The zero-order chi connectivity index (χ0) is 14.7. The van der Waals surface area contributed by atoms with E-state index in [-0.39, 0.29) is 17.9 Å². The molecule has 2 atom stereocenters. The monoisotopic (exact) mass is 279 g/mol. The summed E-state index contributed by atoms with van der Waals surface area (Å²) < 4.78 is 35.4. The Bertz CT molecular complexity index is 425. The fraction of sp³-hybridized carbons (Fsp3) is 0.727. The van der Waals surface area contributed by atoms with Crippen LogP contribution in [0.1, 0.15) is 34.1 Å². The first-order valence-electron chi connectivity index (χ1n) is 5.60. The van der Waals surface area contributed by atoms with Crippen LogP contribution < -0.4 is 5.73 Å². The van der Waals surface area contributed by atoms with Crippen molar-refractivity contribution in [2.75, 3.05) is 0 Å². The molecule has 7 heteroatoms. The zero-order valence-corrected chi connectivity index (χ0v) is 12.0. The Morgan fingerprint density at radius 3 is 2.22 bits per heavy atom. The topological polar surface area (TPSA) is 107 Å². The minimum absolute atomic E-state index is 0.0281. The van der Waals surface area contributed by atoms with Gasteiger partial charge in [-0.25, -0.2) is 4.79 Å². The largest absolute Gasteiger partial charge is 0.440 e. The summed E-state index contributed by atoms with van der Waals surface area (Å²) in [6, 6.07) is 0. The van der Waals surface area contributed by atoms with Crippen LogP contribution >= 0.6 is 0 Å². The summed E-state index contributed by atoms with van der Waals surface area (Å²) in [6.07, 6.45) is -0.0547. The van der Waals surface area contributed by atoms with Gasteiger partial charge in [-0.1, -0.05) is 27.4 Å². The van der Waals surface area contributed by atoms with Crippen molar-refractivity contribution in [3.05, 3.63) is 12.2 Å². The molecule has 0 bridgehead atoms. The third-order valence-electron chi connectivity index (χ3n) is 3.00. The van der Waals surface area contributed by atoms with Gasteiger partial charge >= 0.3 is 16.1 Å². The van der Waals surface area contributed by atoms with Crippen LogP contribution in [0, 0.1) is 5.92 Å². The molecule has 0 heterocycles. The van der Waals surface area contributed by atoms with Crippen LogP contribution in [0.4, 0.5) is 0 Å². The van der Waals surface area contributed by atoms with E-state index < -0.39 is 27.1 Å². The predicted octanol–water partition coefficient (Wildman–Crippen LogP) is 1.08. The van der Waals surface area contributed by atoms with Crippen molar-refractivity contribution in [1.82, 2.24) is 0 Å². The SMILES string of the molecule is C=C(C(=O)OC(CC)S(=O)(=O)O)C(C)(N)C(C)C. The maximum absolute atomic E-state index is 11.7. The molecule has 0 aromatic carbocycles. The van der Waals surface area contributed by atoms with Crippen LogP contribution in [0.2, 0.25) is 0 Å². The lowest BCUT2D eigenvalue weighted by Crippen LogP contribution is -2.46. The second-order valence-corrected chi connectivity index (χ2v) is 6.23. The van der Waals surface area contributed by atoms with Crippen molar-refractivity contribution in [3.63, 3.8) is 0 Å². The summed E-state index contributed by atoms with van der Waals surface area (Å²) in [6.45, 7) is 10.2. The van der Waals surface area contributed by atoms with E-state index in [0.717, 1.165) is 0 Å². The van der Waals surface area contributed by atoms with Crippen LogP contribution in [-0.2, 0) is 19.6 Å². The van der Waals surface area contributed by atoms with Gasteiger partial charge in [0.15, 0.2) is 0 Å².